The Labute approximate surface area is 144 Å². The number of carbonyl (C=O) groups excluding carboxylic acids is 1. The van der Waals surface area contributed by atoms with E-state index in [1.54, 1.807) is 24.3 Å². The molecule has 1 aromatic carbocycles. The van der Waals surface area contributed by atoms with Gasteiger partial charge in [0.25, 0.3) is 5.91 Å². The highest BCUT2D eigenvalue weighted by molar-refractivity contribution is 9.10. The standard InChI is InChI=1S/C18H17BrN2O2/c1-2-9-23-17-8-7-13(11-16(17)19)10-14(12-20)18(22)21-15-5-3-4-6-15/h1,7-8,10-11,15H,3-6,9H2,(H,21,22)/b14-10-. The van der Waals surface area contributed by atoms with Gasteiger partial charge in [0.2, 0.25) is 0 Å². The summed E-state index contributed by atoms with van der Waals surface area (Å²) < 4.78 is 6.08. The molecule has 0 radical (unpaired) electrons. The van der Waals surface area contributed by atoms with Crippen LogP contribution in [0, 0.1) is 23.7 Å². The van der Waals surface area contributed by atoms with Crippen molar-refractivity contribution in [3.05, 3.63) is 33.8 Å². The third-order valence-corrected chi connectivity index (χ3v) is 4.25. The van der Waals surface area contributed by atoms with Crippen LogP contribution in [0.15, 0.2) is 28.2 Å². The Morgan fingerprint density at radius 2 is 2.22 bits per heavy atom. The van der Waals surface area contributed by atoms with Crippen LogP contribution >= 0.6 is 15.9 Å². The Hall–Kier alpha value is -2.24. The third-order valence-electron chi connectivity index (χ3n) is 3.63. The van der Waals surface area contributed by atoms with Gasteiger partial charge in [-0.2, -0.15) is 5.26 Å². The van der Waals surface area contributed by atoms with E-state index in [2.05, 4.69) is 27.2 Å². The molecule has 4 nitrogen and oxygen atoms in total. The number of halogens is 1. The molecule has 1 N–H and O–H groups in total. The SMILES string of the molecule is C#CCOc1ccc(/C=C(/C#N)C(=O)NC2CCCC2)cc1Br. The smallest absolute Gasteiger partial charge is 0.262 e. The Morgan fingerprint density at radius 3 is 2.83 bits per heavy atom. The maximum Gasteiger partial charge on any atom is 0.262 e. The van der Waals surface area contributed by atoms with Crippen molar-refractivity contribution in [3.63, 3.8) is 0 Å². The first-order valence-electron chi connectivity index (χ1n) is 7.42. The van der Waals surface area contributed by atoms with Gasteiger partial charge in [0.1, 0.15) is 24.0 Å². The number of hydrogen-bond donors (Lipinski definition) is 1. The van der Waals surface area contributed by atoms with Gasteiger partial charge in [-0.15, -0.1) is 6.42 Å². The summed E-state index contributed by atoms with van der Waals surface area (Å²) in [5.74, 6) is 2.70. The second-order valence-corrected chi connectivity index (χ2v) is 6.16. The van der Waals surface area contributed by atoms with Crippen molar-refractivity contribution in [1.29, 1.82) is 5.26 Å². The lowest BCUT2D eigenvalue weighted by atomic mass is 10.1. The number of benzene rings is 1. The molecule has 118 valence electrons. The van der Waals surface area contributed by atoms with E-state index in [1.807, 2.05) is 6.07 Å². The first-order chi connectivity index (χ1) is 11.1. The first kappa shape index (κ1) is 17.1. The van der Waals surface area contributed by atoms with Crippen molar-refractivity contribution in [2.75, 3.05) is 6.61 Å². The highest BCUT2D eigenvalue weighted by atomic mass is 79.9. The summed E-state index contributed by atoms with van der Waals surface area (Å²) in [6.07, 6.45) is 11.0. The molecule has 0 bridgehead atoms. The highest BCUT2D eigenvalue weighted by Crippen LogP contribution is 2.27. The van der Waals surface area contributed by atoms with Crippen LogP contribution in [-0.4, -0.2) is 18.6 Å². The fraction of sp³-hybridized carbons (Fsp3) is 0.333. The van der Waals surface area contributed by atoms with Gasteiger partial charge in [-0.25, -0.2) is 0 Å². The van der Waals surface area contributed by atoms with Crippen LogP contribution in [0.5, 0.6) is 5.75 Å². The minimum Gasteiger partial charge on any atom is -0.480 e. The second kappa shape index (κ2) is 8.41. The van der Waals surface area contributed by atoms with Gasteiger partial charge in [-0.1, -0.05) is 24.8 Å². The van der Waals surface area contributed by atoms with E-state index in [4.69, 9.17) is 11.2 Å². The molecular weight excluding hydrogens is 356 g/mol. The molecule has 1 fully saturated rings. The van der Waals surface area contributed by atoms with Crippen molar-refractivity contribution in [3.8, 4) is 24.2 Å². The lowest BCUT2D eigenvalue weighted by Crippen LogP contribution is -2.33. The lowest BCUT2D eigenvalue weighted by molar-refractivity contribution is -0.117. The molecule has 1 amide bonds. The van der Waals surface area contributed by atoms with Gasteiger partial charge < -0.3 is 10.1 Å². The summed E-state index contributed by atoms with van der Waals surface area (Å²) in [7, 11) is 0. The molecule has 1 aromatic rings. The third kappa shape index (κ3) is 4.87. The second-order valence-electron chi connectivity index (χ2n) is 5.31. The Balaban J connectivity index is 2.11. The molecule has 0 aromatic heterocycles. The highest BCUT2D eigenvalue weighted by Gasteiger charge is 2.19. The molecule has 0 atom stereocenters. The molecule has 23 heavy (non-hydrogen) atoms. The normalized spacial score (nSPS) is 14.8. The number of hydrogen-bond acceptors (Lipinski definition) is 3. The number of terminal acetylenes is 1. The van der Waals surface area contributed by atoms with Crippen LogP contribution in [0.2, 0.25) is 0 Å². The fourth-order valence-corrected chi connectivity index (χ4v) is 3.00. The number of nitrogens with one attached hydrogen (secondary N) is 1. The molecule has 0 saturated heterocycles. The number of rotatable bonds is 5. The molecular formula is C18H17BrN2O2. The van der Waals surface area contributed by atoms with Crippen molar-refractivity contribution in [2.24, 2.45) is 0 Å². The zero-order valence-corrected chi connectivity index (χ0v) is 14.2. The van der Waals surface area contributed by atoms with Crippen molar-refractivity contribution >= 4 is 27.9 Å². The summed E-state index contributed by atoms with van der Waals surface area (Å²) in [6, 6.07) is 7.46. The van der Waals surface area contributed by atoms with Crippen LogP contribution in [0.1, 0.15) is 31.2 Å². The van der Waals surface area contributed by atoms with E-state index in [0.29, 0.717) is 5.75 Å². The predicted octanol–water partition coefficient (Wildman–Crippen LogP) is 3.43. The average Bonchev–Trinajstić information content (AvgIpc) is 3.04. The molecule has 1 aliphatic carbocycles. The van der Waals surface area contributed by atoms with Crippen LogP contribution in [0.25, 0.3) is 6.08 Å². The molecule has 1 aliphatic rings. The summed E-state index contributed by atoms with van der Waals surface area (Å²) in [4.78, 5) is 12.2. The predicted molar refractivity (Wildman–Crippen MR) is 92.5 cm³/mol. The zero-order chi connectivity index (χ0) is 16.7. The Morgan fingerprint density at radius 1 is 1.48 bits per heavy atom. The van der Waals surface area contributed by atoms with E-state index in [-0.39, 0.29) is 24.1 Å². The molecule has 0 aliphatic heterocycles. The number of nitrogens with zero attached hydrogens (tertiary/aromatic N) is 1. The van der Waals surface area contributed by atoms with Crippen molar-refractivity contribution < 1.29 is 9.53 Å². The molecule has 5 heteroatoms. The van der Waals surface area contributed by atoms with E-state index in [9.17, 15) is 10.1 Å². The van der Waals surface area contributed by atoms with Crippen LogP contribution in [-0.2, 0) is 4.79 Å². The summed E-state index contributed by atoms with van der Waals surface area (Å²) in [5.41, 5.74) is 0.837. The van der Waals surface area contributed by atoms with Crippen LogP contribution < -0.4 is 10.1 Å². The minimum absolute atomic E-state index is 0.0982. The first-order valence-corrected chi connectivity index (χ1v) is 8.22. The molecule has 1 saturated carbocycles. The van der Waals surface area contributed by atoms with Gasteiger partial charge in [0, 0.05) is 6.04 Å². The van der Waals surface area contributed by atoms with Crippen molar-refractivity contribution in [2.45, 2.75) is 31.7 Å². The lowest BCUT2D eigenvalue weighted by Gasteiger charge is -2.11. The Bertz CT molecular complexity index is 692. The number of amides is 1. The van der Waals surface area contributed by atoms with Gasteiger partial charge in [-0.05, 0) is 52.5 Å². The maximum absolute atomic E-state index is 12.2. The van der Waals surface area contributed by atoms with Crippen molar-refractivity contribution in [1.82, 2.24) is 5.32 Å². The van der Waals surface area contributed by atoms with Crippen LogP contribution in [0.3, 0.4) is 0 Å². The van der Waals surface area contributed by atoms with Gasteiger partial charge >= 0.3 is 0 Å². The van der Waals surface area contributed by atoms with Crippen LogP contribution in [0.4, 0.5) is 0 Å². The summed E-state index contributed by atoms with van der Waals surface area (Å²) in [5, 5.41) is 12.1. The molecule has 0 unspecified atom stereocenters. The minimum atomic E-state index is -0.316. The van der Waals surface area contributed by atoms with E-state index in [0.717, 1.165) is 35.7 Å². The monoisotopic (exact) mass is 372 g/mol. The summed E-state index contributed by atoms with van der Waals surface area (Å²) >= 11 is 3.39. The molecule has 0 heterocycles. The van der Waals surface area contributed by atoms with E-state index in [1.165, 1.54) is 0 Å². The van der Waals surface area contributed by atoms with E-state index >= 15 is 0 Å². The fourth-order valence-electron chi connectivity index (χ4n) is 2.49. The Kier molecular flexibility index (Phi) is 6.26. The number of ether oxygens (including phenoxy) is 1. The maximum atomic E-state index is 12.2. The number of carbonyl (C=O) groups is 1. The molecule has 2 rings (SSSR count). The molecule has 0 spiro atoms. The quantitative estimate of drug-likeness (QED) is 0.489. The van der Waals surface area contributed by atoms with E-state index < -0.39 is 0 Å². The van der Waals surface area contributed by atoms with Gasteiger partial charge in [0.05, 0.1) is 4.47 Å². The zero-order valence-electron chi connectivity index (χ0n) is 12.6. The summed E-state index contributed by atoms with van der Waals surface area (Å²) in [6.45, 7) is 0.182. The average molecular weight is 373 g/mol. The topological polar surface area (TPSA) is 62.1 Å². The number of nitriles is 1. The largest absolute Gasteiger partial charge is 0.480 e. The van der Waals surface area contributed by atoms with Gasteiger partial charge in [0.15, 0.2) is 0 Å². The van der Waals surface area contributed by atoms with Gasteiger partial charge in [-0.3, -0.25) is 4.79 Å².